The largest absolute Gasteiger partial charge is 0.444 e. The summed E-state index contributed by atoms with van der Waals surface area (Å²) in [4.78, 5) is 23.0. The lowest BCUT2D eigenvalue weighted by Crippen LogP contribution is -2.33. The lowest BCUT2D eigenvalue weighted by molar-refractivity contribution is -0.113. The quantitative estimate of drug-likeness (QED) is 0.793. The Bertz CT molecular complexity index is 458. The third-order valence-corrected chi connectivity index (χ3v) is 3.16. The molecule has 2 N–H and O–H groups in total. The molecule has 0 heterocycles. The van der Waals surface area contributed by atoms with Crippen molar-refractivity contribution in [3.05, 3.63) is 30.3 Å². The number of carbonyl (C=O) groups excluding carboxylic acids is 2. The standard InChI is InChI=1S/C15H22N2O3S/c1-15(2,3)20-14(19)16-9-10-21-11-13(18)17-12-7-5-4-6-8-12/h4-8H,9-11H2,1-3H3,(H,16,19)(H,17,18). The molecule has 0 aliphatic rings. The fourth-order valence-corrected chi connectivity index (χ4v) is 2.07. The van der Waals surface area contributed by atoms with Crippen molar-refractivity contribution in [1.82, 2.24) is 5.32 Å². The fraction of sp³-hybridized carbons (Fsp3) is 0.467. The fourth-order valence-electron chi connectivity index (χ4n) is 1.42. The van der Waals surface area contributed by atoms with Crippen molar-refractivity contribution >= 4 is 29.4 Å². The topological polar surface area (TPSA) is 67.4 Å². The molecule has 5 nitrogen and oxygen atoms in total. The number of ether oxygens (including phenoxy) is 1. The summed E-state index contributed by atoms with van der Waals surface area (Å²) < 4.78 is 5.11. The first kappa shape index (κ1) is 17.4. The smallest absolute Gasteiger partial charge is 0.407 e. The second-order valence-corrected chi connectivity index (χ2v) is 6.50. The highest BCUT2D eigenvalue weighted by Crippen LogP contribution is 2.08. The van der Waals surface area contributed by atoms with E-state index in [0.29, 0.717) is 18.1 Å². The lowest BCUT2D eigenvalue weighted by atomic mass is 10.2. The van der Waals surface area contributed by atoms with Gasteiger partial charge in [0, 0.05) is 18.0 Å². The minimum absolute atomic E-state index is 0.0523. The number of carbonyl (C=O) groups is 2. The lowest BCUT2D eigenvalue weighted by Gasteiger charge is -2.19. The molecule has 0 fully saturated rings. The molecule has 21 heavy (non-hydrogen) atoms. The number of hydrogen-bond donors (Lipinski definition) is 2. The second-order valence-electron chi connectivity index (χ2n) is 5.40. The Kier molecular flexibility index (Phi) is 7.08. The van der Waals surface area contributed by atoms with E-state index >= 15 is 0 Å². The van der Waals surface area contributed by atoms with Crippen molar-refractivity contribution in [2.45, 2.75) is 26.4 Å². The molecule has 2 amide bonds. The van der Waals surface area contributed by atoms with Crippen molar-refractivity contribution in [3.8, 4) is 0 Å². The maximum atomic E-state index is 11.7. The zero-order valence-electron chi connectivity index (χ0n) is 12.6. The molecule has 0 aromatic heterocycles. The number of amides is 2. The average molecular weight is 310 g/mol. The van der Waals surface area contributed by atoms with E-state index in [9.17, 15) is 9.59 Å². The number of rotatable bonds is 6. The molecule has 1 aromatic carbocycles. The van der Waals surface area contributed by atoms with Gasteiger partial charge in [-0.1, -0.05) is 18.2 Å². The normalized spacial score (nSPS) is 10.8. The first-order chi connectivity index (χ1) is 9.87. The van der Waals surface area contributed by atoms with E-state index in [1.807, 2.05) is 51.1 Å². The summed E-state index contributed by atoms with van der Waals surface area (Å²) in [6.07, 6.45) is -0.433. The minimum Gasteiger partial charge on any atom is -0.444 e. The van der Waals surface area contributed by atoms with E-state index in [2.05, 4.69) is 10.6 Å². The number of benzene rings is 1. The van der Waals surface area contributed by atoms with Gasteiger partial charge in [-0.3, -0.25) is 4.79 Å². The monoisotopic (exact) mass is 310 g/mol. The summed E-state index contributed by atoms with van der Waals surface area (Å²) >= 11 is 1.46. The summed E-state index contributed by atoms with van der Waals surface area (Å²) in [7, 11) is 0. The van der Waals surface area contributed by atoms with Gasteiger partial charge in [-0.15, -0.1) is 0 Å². The Morgan fingerprint density at radius 2 is 1.86 bits per heavy atom. The van der Waals surface area contributed by atoms with Gasteiger partial charge in [-0.25, -0.2) is 4.79 Å². The highest BCUT2D eigenvalue weighted by molar-refractivity contribution is 7.99. The van der Waals surface area contributed by atoms with Crippen LogP contribution in [0.1, 0.15) is 20.8 Å². The Morgan fingerprint density at radius 1 is 1.19 bits per heavy atom. The molecule has 0 spiro atoms. The van der Waals surface area contributed by atoms with Gasteiger partial charge in [0.1, 0.15) is 5.60 Å². The molecular weight excluding hydrogens is 288 g/mol. The van der Waals surface area contributed by atoms with E-state index < -0.39 is 11.7 Å². The Morgan fingerprint density at radius 3 is 2.48 bits per heavy atom. The molecule has 0 saturated carbocycles. The molecule has 0 radical (unpaired) electrons. The maximum absolute atomic E-state index is 11.7. The van der Waals surface area contributed by atoms with Crippen molar-refractivity contribution < 1.29 is 14.3 Å². The molecule has 1 rings (SSSR count). The van der Waals surface area contributed by atoms with E-state index in [0.717, 1.165) is 5.69 Å². The van der Waals surface area contributed by atoms with Crippen LogP contribution in [-0.4, -0.2) is 35.7 Å². The Balaban J connectivity index is 2.09. The number of thioether (sulfide) groups is 1. The van der Waals surface area contributed by atoms with E-state index in [1.54, 1.807) is 0 Å². The van der Waals surface area contributed by atoms with Gasteiger partial charge in [0.2, 0.25) is 5.91 Å². The molecule has 1 aromatic rings. The highest BCUT2D eigenvalue weighted by atomic mass is 32.2. The van der Waals surface area contributed by atoms with Crippen molar-refractivity contribution in [1.29, 1.82) is 0 Å². The number of nitrogens with one attached hydrogen (secondary N) is 2. The van der Waals surface area contributed by atoms with E-state index in [4.69, 9.17) is 4.74 Å². The van der Waals surface area contributed by atoms with E-state index in [1.165, 1.54) is 11.8 Å². The van der Waals surface area contributed by atoms with Crippen LogP contribution in [0.15, 0.2) is 30.3 Å². The molecule has 6 heteroatoms. The van der Waals surface area contributed by atoms with Crippen molar-refractivity contribution in [3.63, 3.8) is 0 Å². The predicted octanol–water partition coefficient (Wildman–Crippen LogP) is 2.88. The van der Waals surface area contributed by atoms with Gasteiger partial charge in [0.15, 0.2) is 0 Å². The van der Waals surface area contributed by atoms with Gasteiger partial charge in [-0.05, 0) is 32.9 Å². The van der Waals surface area contributed by atoms with Gasteiger partial charge in [0.25, 0.3) is 0 Å². The summed E-state index contributed by atoms with van der Waals surface area (Å²) in [5, 5.41) is 5.45. The average Bonchev–Trinajstić information content (AvgIpc) is 2.37. The number of hydrogen-bond acceptors (Lipinski definition) is 4. The van der Waals surface area contributed by atoms with Gasteiger partial charge >= 0.3 is 6.09 Å². The van der Waals surface area contributed by atoms with Crippen LogP contribution in [0.2, 0.25) is 0 Å². The van der Waals surface area contributed by atoms with Gasteiger partial charge in [0.05, 0.1) is 5.75 Å². The predicted molar refractivity (Wildman–Crippen MR) is 86.6 cm³/mol. The number of anilines is 1. The van der Waals surface area contributed by atoms with Crippen LogP contribution in [-0.2, 0) is 9.53 Å². The third kappa shape index (κ3) is 8.96. The Hall–Kier alpha value is -1.69. The van der Waals surface area contributed by atoms with Gasteiger partial charge in [-0.2, -0.15) is 11.8 Å². The molecule has 0 aliphatic carbocycles. The molecule has 116 valence electrons. The first-order valence-electron chi connectivity index (χ1n) is 6.76. The van der Waals surface area contributed by atoms with Crippen molar-refractivity contribution in [2.24, 2.45) is 0 Å². The molecule has 0 bridgehead atoms. The molecular formula is C15H22N2O3S. The van der Waals surface area contributed by atoms with Crippen LogP contribution in [0.25, 0.3) is 0 Å². The minimum atomic E-state index is -0.493. The highest BCUT2D eigenvalue weighted by Gasteiger charge is 2.15. The first-order valence-corrected chi connectivity index (χ1v) is 7.92. The van der Waals surface area contributed by atoms with Crippen LogP contribution in [0.3, 0.4) is 0 Å². The maximum Gasteiger partial charge on any atom is 0.407 e. The molecule has 0 atom stereocenters. The molecule has 0 unspecified atom stereocenters. The van der Waals surface area contributed by atoms with Crippen LogP contribution >= 0.6 is 11.8 Å². The summed E-state index contributed by atoms with van der Waals surface area (Å²) in [5.41, 5.74) is 0.294. The van der Waals surface area contributed by atoms with Crippen molar-refractivity contribution in [2.75, 3.05) is 23.4 Å². The summed E-state index contributed by atoms with van der Waals surface area (Å²) in [5.74, 6) is 0.954. The number of alkyl carbamates (subject to hydrolysis) is 1. The third-order valence-electron chi connectivity index (χ3n) is 2.21. The van der Waals surface area contributed by atoms with Crippen LogP contribution < -0.4 is 10.6 Å². The second kappa shape index (κ2) is 8.56. The summed E-state index contributed by atoms with van der Waals surface area (Å²) in [6.45, 7) is 5.91. The van der Waals surface area contributed by atoms with E-state index in [-0.39, 0.29) is 5.91 Å². The van der Waals surface area contributed by atoms with Crippen LogP contribution in [0, 0.1) is 0 Å². The summed E-state index contributed by atoms with van der Waals surface area (Å²) in [6, 6.07) is 9.31. The number of para-hydroxylation sites is 1. The molecule has 0 saturated heterocycles. The SMILES string of the molecule is CC(C)(C)OC(=O)NCCSCC(=O)Nc1ccccc1. The van der Waals surface area contributed by atoms with Gasteiger partial charge < -0.3 is 15.4 Å². The Labute approximate surface area is 129 Å². The molecule has 0 aliphatic heterocycles. The van der Waals surface area contributed by atoms with Crippen LogP contribution in [0.4, 0.5) is 10.5 Å². The zero-order valence-corrected chi connectivity index (χ0v) is 13.5. The zero-order chi connectivity index (χ0) is 15.7. The van der Waals surface area contributed by atoms with Crippen LogP contribution in [0.5, 0.6) is 0 Å².